The number of nitriles is 1. The standard InChI is InChI=1S/C12H23N3O/c1-11(4-9-16-3)14-5-7-15(8-6-14)12(2)10-13/h11-12H,4-9H2,1-3H3. The highest BCUT2D eigenvalue weighted by atomic mass is 16.5. The van der Waals surface area contributed by atoms with Crippen LogP contribution in [0.1, 0.15) is 20.3 Å². The zero-order valence-corrected chi connectivity index (χ0v) is 10.6. The third kappa shape index (κ3) is 3.75. The van der Waals surface area contributed by atoms with Crippen molar-refractivity contribution in [2.24, 2.45) is 0 Å². The van der Waals surface area contributed by atoms with Gasteiger partial charge in [0.1, 0.15) is 0 Å². The molecule has 1 heterocycles. The van der Waals surface area contributed by atoms with Gasteiger partial charge in [-0.1, -0.05) is 0 Å². The summed E-state index contributed by atoms with van der Waals surface area (Å²) in [5.74, 6) is 0. The van der Waals surface area contributed by atoms with Crippen LogP contribution in [0.3, 0.4) is 0 Å². The summed E-state index contributed by atoms with van der Waals surface area (Å²) in [4.78, 5) is 4.74. The van der Waals surface area contributed by atoms with Crippen molar-refractivity contribution in [3.05, 3.63) is 0 Å². The van der Waals surface area contributed by atoms with E-state index in [1.807, 2.05) is 6.92 Å². The van der Waals surface area contributed by atoms with Crippen molar-refractivity contribution < 1.29 is 4.74 Å². The lowest BCUT2D eigenvalue weighted by atomic mass is 10.1. The molecular weight excluding hydrogens is 202 g/mol. The Balaban J connectivity index is 2.29. The van der Waals surface area contributed by atoms with Crippen molar-refractivity contribution in [2.45, 2.75) is 32.4 Å². The monoisotopic (exact) mass is 225 g/mol. The Hall–Kier alpha value is -0.630. The molecule has 4 nitrogen and oxygen atoms in total. The van der Waals surface area contributed by atoms with Crippen LogP contribution >= 0.6 is 0 Å². The van der Waals surface area contributed by atoms with Gasteiger partial charge in [-0.3, -0.25) is 9.80 Å². The molecule has 0 radical (unpaired) electrons. The van der Waals surface area contributed by atoms with Gasteiger partial charge in [-0.15, -0.1) is 0 Å². The Labute approximate surface area is 98.8 Å². The number of ether oxygens (including phenoxy) is 1. The van der Waals surface area contributed by atoms with E-state index in [0.29, 0.717) is 6.04 Å². The quantitative estimate of drug-likeness (QED) is 0.698. The second-order valence-electron chi connectivity index (χ2n) is 4.51. The average molecular weight is 225 g/mol. The van der Waals surface area contributed by atoms with Gasteiger partial charge in [-0.05, 0) is 20.3 Å². The van der Waals surface area contributed by atoms with Crippen LogP contribution in [0.15, 0.2) is 0 Å². The molecule has 0 N–H and O–H groups in total. The van der Waals surface area contributed by atoms with Crippen LogP contribution in [0.4, 0.5) is 0 Å². The van der Waals surface area contributed by atoms with Gasteiger partial charge in [-0.25, -0.2) is 0 Å². The molecule has 0 aromatic heterocycles. The van der Waals surface area contributed by atoms with E-state index >= 15 is 0 Å². The SMILES string of the molecule is COCCC(C)N1CCN(C(C)C#N)CC1. The maximum absolute atomic E-state index is 8.86. The molecule has 2 unspecified atom stereocenters. The van der Waals surface area contributed by atoms with E-state index in [-0.39, 0.29) is 6.04 Å². The number of methoxy groups -OCH3 is 1. The Bertz CT molecular complexity index is 231. The first kappa shape index (κ1) is 13.4. The normalized spacial score (nSPS) is 22.6. The molecule has 0 aromatic rings. The first-order valence-electron chi connectivity index (χ1n) is 6.05. The Morgan fingerprint density at radius 1 is 1.19 bits per heavy atom. The first-order chi connectivity index (χ1) is 7.69. The fraction of sp³-hybridized carbons (Fsp3) is 0.917. The number of hydrogen-bond donors (Lipinski definition) is 0. The van der Waals surface area contributed by atoms with Gasteiger partial charge in [0.15, 0.2) is 0 Å². The fourth-order valence-electron chi connectivity index (χ4n) is 2.12. The minimum Gasteiger partial charge on any atom is -0.385 e. The van der Waals surface area contributed by atoms with Crippen molar-refractivity contribution in [3.8, 4) is 6.07 Å². The van der Waals surface area contributed by atoms with Crippen LogP contribution in [0.2, 0.25) is 0 Å². The molecule has 1 saturated heterocycles. The molecule has 1 rings (SSSR count). The number of hydrogen-bond acceptors (Lipinski definition) is 4. The molecule has 0 bridgehead atoms. The van der Waals surface area contributed by atoms with Gasteiger partial charge in [0.05, 0.1) is 12.1 Å². The molecule has 4 heteroatoms. The second-order valence-corrected chi connectivity index (χ2v) is 4.51. The van der Waals surface area contributed by atoms with E-state index in [4.69, 9.17) is 10.00 Å². The van der Waals surface area contributed by atoms with Crippen molar-refractivity contribution >= 4 is 0 Å². The molecule has 0 aromatic carbocycles. The highest BCUT2D eigenvalue weighted by Gasteiger charge is 2.23. The lowest BCUT2D eigenvalue weighted by molar-refractivity contribution is 0.0752. The zero-order chi connectivity index (χ0) is 12.0. The van der Waals surface area contributed by atoms with Crippen molar-refractivity contribution in [1.29, 1.82) is 5.26 Å². The van der Waals surface area contributed by atoms with Gasteiger partial charge in [0.2, 0.25) is 0 Å². The molecule has 2 atom stereocenters. The summed E-state index contributed by atoms with van der Waals surface area (Å²) in [6, 6.07) is 2.94. The summed E-state index contributed by atoms with van der Waals surface area (Å²) in [6.45, 7) is 9.20. The fourth-order valence-corrected chi connectivity index (χ4v) is 2.12. The number of piperazine rings is 1. The molecule has 1 aliphatic heterocycles. The van der Waals surface area contributed by atoms with Gasteiger partial charge < -0.3 is 4.74 Å². The van der Waals surface area contributed by atoms with Crippen molar-refractivity contribution in [3.63, 3.8) is 0 Å². The van der Waals surface area contributed by atoms with Crippen molar-refractivity contribution in [1.82, 2.24) is 9.80 Å². The largest absolute Gasteiger partial charge is 0.385 e. The lowest BCUT2D eigenvalue weighted by Crippen LogP contribution is -2.51. The van der Waals surface area contributed by atoms with Gasteiger partial charge >= 0.3 is 0 Å². The molecule has 16 heavy (non-hydrogen) atoms. The predicted octanol–water partition coefficient (Wildman–Crippen LogP) is 0.941. The molecule has 0 saturated carbocycles. The summed E-state index contributed by atoms with van der Waals surface area (Å²) in [5, 5.41) is 8.86. The second kappa shape index (κ2) is 6.85. The Morgan fingerprint density at radius 3 is 2.25 bits per heavy atom. The average Bonchev–Trinajstić information content (AvgIpc) is 2.35. The predicted molar refractivity (Wildman–Crippen MR) is 64.2 cm³/mol. The molecule has 1 fully saturated rings. The van der Waals surface area contributed by atoms with E-state index in [9.17, 15) is 0 Å². The summed E-state index contributed by atoms with van der Waals surface area (Å²) in [7, 11) is 1.75. The molecular formula is C12H23N3O. The van der Waals surface area contributed by atoms with E-state index < -0.39 is 0 Å². The molecule has 92 valence electrons. The third-order valence-electron chi connectivity index (χ3n) is 3.45. The topological polar surface area (TPSA) is 39.5 Å². The summed E-state index contributed by atoms with van der Waals surface area (Å²) >= 11 is 0. The maximum atomic E-state index is 8.86. The van der Waals surface area contributed by atoms with Crippen LogP contribution in [-0.4, -0.2) is 61.8 Å². The van der Waals surface area contributed by atoms with Crippen LogP contribution in [0.5, 0.6) is 0 Å². The van der Waals surface area contributed by atoms with E-state index in [1.165, 1.54) is 0 Å². The molecule has 1 aliphatic rings. The van der Waals surface area contributed by atoms with E-state index in [1.54, 1.807) is 7.11 Å². The smallest absolute Gasteiger partial charge is 0.0950 e. The third-order valence-corrected chi connectivity index (χ3v) is 3.45. The lowest BCUT2D eigenvalue weighted by Gasteiger charge is -2.38. The van der Waals surface area contributed by atoms with E-state index in [0.717, 1.165) is 39.2 Å². The number of nitrogens with zero attached hydrogens (tertiary/aromatic N) is 3. The van der Waals surface area contributed by atoms with Gasteiger partial charge in [0, 0.05) is 45.9 Å². The Kier molecular flexibility index (Phi) is 5.75. The zero-order valence-electron chi connectivity index (χ0n) is 10.6. The summed E-state index contributed by atoms with van der Waals surface area (Å²) < 4.78 is 5.10. The highest BCUT2D eigenvalue weighted by molar-refractivity contribution is 4.90. The van der Waals surface area contributed by atoms with Crippen LogP contribution < -0.4 is 0 Å². The van der Waals surface area contributed by atoms with Crippen molar-refractivity contribution in [2.75, 3.05) is 39.9 Å². The number of rotatable bonds is 5. The van der Waals surface area contributed by atoms with Crippen LogP contribution in [0, 0.1) is 11.3 Å². The van der Waals surface area contributed by atoms with Gasteiger partial charge in [-0.2, -0.15) is 5.26 Å². The summed E-state index contributed by atoms with van der Waals surface area (Å²) in [5.41, 5.74) is 0. The molecule has 0 amide bonds. The Morgan fingerprint density at radius 2 is 1.75 bits per heavy atom. The summed E-state index contributed by atoms with van der Waals surface area (Å²) in [6.07, 6.45) is 1.09. The first-order valence-corrected chi connectivity index (χ1v) is 6.05. The maximum Gasteiger partial charge on any atom is 0.0950 e. The van der Waals surface area contributed by atoms with Crippen LogP contribution in [-0.2, 0) is 4.74 Å². The highest BCUT2D eigenvalue weighted by Crippen LogP contribution is 2.10. The van der Waals surface area contributed by atoms with E-state index in [2.05, 4.69) is 22.8 Å². The molecule has 0 aliphatic carbocycles. The molecule has 0 spiro atoms. The van der Waals surface area contributed by atoms with Gasteiger partial charge in [0.25, 0.3) is 0 Å². The minimum atomic E-state index is 0.0523. The van der Waals surface area contributed by atoms with Crippen LogP contribution in [0.25, 0.3) is 0 Å². The minimum absolute atomic E-state index is 0.0523.